The predicted molar refractivity (Wildman–Crippen MR) is 78.7 cm³/mol. The lowest BCUT2D eigenvalue weighted by Crippen LogP contribution is -1.93. The fourth-order valence-corrected chi connectivity index (χ4v) is 2.68. The minimum Gasteiger partial charge on any atom is -0.496 e. The Kier molecular flexibility index (Phi) is 3.15. The summed E-state index contributed by atoms with van der Waals surface area (Å²) >= 11 is 1.47. The van der Waals surface area contributed by atoms with Crippen molar-refractivity contribution in [2.45, 2.75) is 6.92 Å². The number of thiazole rings is 1. The summed E-state index contributed by atoms with van der Waals surface area (Å²) in [7, 11) is 1.63. The van der Waals surface area contributed by atoms with Crippen molar-refractivity contribution in [3.8, 4) is 27.5 Å². The number of ether oxygens (including phenoxy) is 1. The van der Waals surface area contributed by atoms with Gasteiger partial charge in [-0.1, -0.05) is 16.8 Å². The van der Waals surface area contributed by atoms with Gasteiger partial charge in [0, 0.05) is 11.8 Å². The molecule has 5 nitrogen and oxygen atoms in total. The molecule has 0 atom stereocenters. The summed E-state index contributed by atoms with van der Waals surface area (Å²) in [5, 5.41) is 3.88. The van der Waals surface area contributed by atoms with Crippen LogP contribution < -0.4 is 10.5 Å². The zero-order valence-electron chi connectivity index (χ0n) is 11.1. The minimum atomic E-state index is 0.345. The molecule has 0 spiro atoms. The van der Waals surface area contributed by atoms with Gasteiger partial charge in [0.1, 0.15) is 5.75 Å². The van der Waals surface area contributed by atoms with Gasteiger partial charge in [0.25, 0.3) is 0 Å². The van der Waals surface area contributed by atoms with Crippen molar-refractivity contribution < 1.29 is 9.26 Å². The van der Waals surface area contributed by atoms with Crippen LogP contribution in [0, 0.1) is 6.92 Å². The van der Waals surface area contributed by atoms with Crippen molar-refractivity contribution in [1.29, 1.82) is 0 Å². The highest BCUT2D eigenvalue weighted by atomic mass is 32.1. The Bertz CT molecular complexity index is 735. The molecular weight excluding hydrogens is 274 g/mol. The van der Waals surface area contributed by atoms with Crippen molar-refractivity contribution in [2.75, 3.05) is 12.8 Å². The monoisotopic (exact) mass is 287 g/mol. The number of nitrogens with two attached hydrogens (primary N) is 1. The van der Waals surface area contributed by atoms with E-state index in [4.69, 9.17) is 15.0 Å². The molecule has 0 amide bonds. The summed E-state index contributed by atoms with van der Waals surface area (Å²) in [6.07, 6.45) is 1.73. The largest absolute Gasteiger partial charge is 0.496 e. The second-order valence-corrected chi connectivity index (χ2v) is 5.23. The van der Waals surface area contributed by atoms with E-state index in [1.165, 1.54) is 11.3 Å². The van der Waals surface area contributed by atoms with Gasteiger partial charge in [-0.15, -0.1) is 11.3 Å². The van der Waals surface area contributed by atoms with E-state index >= 15 is 0 Å². The van der Waals surface area contributed by atoms with Gasteiger partial charge >= 0.3 is 0 Å². The SMILES string of the molecule is COc1ccc(C)cc1-c1c(N)noc1-c1cncs1. The standard InChI is InChI=1S/C14H13N3O2S/c1-8-3-4-10(18-2)9(5-8)12-13(19-17-14(12)15)11-6-16-7-20-11/h3-7H,1-2H3,(H2,15,17). The smallest absolute Gasteiger partial charge is 0.188 e. The summed E-state index contributed by atoms with van der Waals surface area (Å²) in [4.78, 5) is 4.94. The Balaban J connectivity index is 2.25. The maximum atomic E-state index is 5.98. The van der Waals surface area contributed by atoms with Gasteiger partial charge in [-0.05, 0) is 19.1 Å². The predicted octanol–water partition coefficient (Wildman–Crippen LogP) is 3.36. The third-order valence-electron chi connectivity index (χ3n) is 3.00. The molecule has 2 N–H and O–H groups in total. The molecule has 0 saturated carbocycles. The van der Waals surface area contributed by atoms with E-state index in [1.54, 1.807) is 18.8 Å². The number of hydrogen-bond donors (Lipinski definition) is 1. The normalized spacial score (nSPS) is 10.7. The second kappa shape index (κ2) is 4.97. The molecule has 20 heavy (non-hydrogen) atoms. The second-order valence-electron chi connectivity index (χ2n) is 4.34. The molecular formula is C14H13N3O2S. The summed E-state index contributed by atoms with van der Waals surface area (Å²) in [5.74, 6) is 1.70. The Labute approximate surface area is 120 Å². The third kappa shape index (κ3) is 2.04. The van der Waals surface area contributed by atoms with Crippen LogP contribution in [0.1, 0.15) is 5.56 Å². The van der Waals surface area contributed by atoms with Gasteiger partial charge in [0.05, 0.1) is 23.1 Å². The number of anilines is 1. The Morgan fingerprint density at radius 1 is 1.35 bits per heavy atom. The summed E-state index contributed by atoms with van der Waals surface area (Å²) in [6, 6.07) is 5.90. The Morgan fingerprint density at radius 2 is 2.20 bits per heavy atom. The van der Waals surface area contributed by atoms with E-state index in [9.17, 15) is 0 Å². The molecule has 0 aliphatic rings. The van der Waals surface area contributed by atoms with Crippen LogP contribution in [0.25, 0.3) is 21.8 Å². The first kappa shape index (κ1) is 12.7. The zero-order chi connectivity index (χ0) is 14.1. The van der Waals surface area contributed by atoms with Crippen molar-refractivity contribution in [2.24, 2.45) is 0 Å². The van der Waals surface area contributed by atoms with E-state index in [-0.39, 0.29) is 0 Å². The number of nitrogen functional groups attached to an aromatic ring is 1. The van der Waals surface area contributed by atoms with Crippen molar-refractivity contribution in [3.63, 3.8) is 0 Å². The molecule has 0 unspecified atom stereocenters. The van der Waals surface area contributed by atoms with E-state index in [1.807, 2.05) is 25.1 Å². The maximum absolute atomic E-state index is 5.98. The molecule has 6 heteroatoms. The lowest BCUT2D eigenvalue weighted by molar-refractivity contribution is 0.416. The summed E-state index contributed by atoms with van der Waals surface area (Å²) in [6.45, 7) is 2.01. The molecule has 0 radical (unpaired) electrons. The highest BCUT2D eigenvalue weighted by Gasteiger charge is 2.21. The molecule has 2 aromatic heterocycles. The number of nitrogens with zero attached hydrogens (tertiary/aromatic N) is 2. The van der Waals surface area contributed by atoms with Crippen LogP contribution in [0.4, 0.5) is 5.82 Å². The Morgan fingerprint density at radius 3 is 2.90 bits per heavy atom. The molecule has 0 fully saturated rings. The lowest BCUT2D eigenvalue weighted by Gasteiger charge is -2.09. The van der Waals surface area contributed by atoms with E-state index in [0.29, 0.717) is 11.6 Å². The first-order valence-corrected chi connectivity index (χ1v) is 6.87. The average molecular weight is 287 g/mol. The highest BCUT2D eigenvalue weighted by Crippen LogP contribution is 2.42. The number of rotatable bonds is 3. The molecule has 3 aromatic rings. The Hall–Kier alpha value is -2.34. The van der Waals surface area contributed by atoms with E-state index in [2.05, 4.69) is 10.1 Å². The number of aryl methyl sites for hydroxylation is 1. The van der Waals surface area contributed by atoms with Crippen LogP contribution in [0.5, 0.6) is 5.75 Å². The molecule has 0 bridgehead atoms. The minimum absolute atomic E-state index is 0.345. The highest BCUT2D eigenvalue weighted by molar-refractivity contribution is 7.13. The van der Waals surface area contributed by atoms with Gasteiger partial charge in [0.2, 0.25) is 0 Å². The molecule has 2 heterocycles. The molecule has 0 aliphatic carbocycles. The fourth-order valence-electron chi connectivity index (χ4n) is 2.08. The summed E-state index contributed by atoms with van der Waals surface area (Å²) < 4.78 is 10.8. The average Bonchev–Trinajstić information content (AvgIpc) is 3.07. The first-order valence-electron chi connectivity index (χ1n) is 5.99. The van der Waals surface area contributed by atoms with Gasteiger partial charge in [-0.3, -0.25) is 4.98 Å². The molecule has 0 aliphatic heterocycles. The van der Waals surface area contributed by atoms with Crippen molar-refractivity contribution in [1.82, 2.24) is 10.1 Å². The third-order valence-corrected chi connectivity index (χ3v) is 3.77. The van der Waals surface area contributed by atoms with Gasteiger partial charge in [0.15, 0.2) is 11.6 Å². The maximum Gasteiger partial charge on any atom is 0.188 e. The van der Waals surface area contributed by atoms with Crippen LogP contribution in [-0.2, 0) is 0 Å². The topological polar surface area (TPSA) is 74.2 Å². The van der Waals surface area contributed by atoms with Crippen LogP contribution in [0.15, 0.2) is 34.4 Å². The number of hydrogen-bond acceptors (Lipinski definition) is 6. The van der Waals surface area contributed by atoms with Gasteiger partial charge < -0.3 is 15.0 Å². The molecule has 1 aromatic carbocycles. The van der Waals surface area contributed by atoms with Crippen LogP contribution in [0.3, 0.4) is 0 Å². The van der Waals surface area contributed by atoms with Crippen molar-refractivity contribution >= 4 is 17.2 Å². The lowest BCUT2D eigenvalue weighted by atomic mass is 10.0. The molecule has 102 valence electrons. The van der Waals surface area contributed by atoms with E-state index < -0.39 is 0 Å². The van der Waals surface area contributed by atoms with Crippen LogP contribution in [0.2, 0.25) is 0 Å². The van der Waals surface area contributed by atoms with Crippen LogP contribution >= 0.6 is 11.3 Å². The first-order chi connectivity index (χ1) is 9.70. The van der Waals surface area contributed by atoms with E-state index in [0.717, 1.165) is 27.3 Å². The van der Waals surface area contributed by atoms with Crippen LogP contribution in [-0.4, -0.2) is 17.3 Å². The molecule has 0 saturated heterocycles. The fraction of sp³-hybridized carbons (Fsp3) is 0.143. The quantitative estimate of drug-likeness (QED) is 0.799. The molecule has 3 rings (SSSR count). The van der Waals surface area contributed by atoms with Crippen molar-refractivity contribution in [3.05, 3.63) is 35.5 Å². The number of methoxy groups -OCH3 is 1. The summed E-state index contributed by atoms with van der Waals surface area (Å²) in [5.41, 5.74) is 10.4. The number of benzene rings is 1. The van der Waals surface area contributed by atoms with Gasteiger partial charge in [-0.25, -0.2) is 0 Å². The zero-order valence-corrected chi connectivity index (χ0v) is 11.9. The van der Waals surface area contributed by atoms with Gasteiger partial charge in [-0.2, -0.15) is 0 Å². The number of aromatic nitrogens is 2.